The molecule has 0 amide bonds. The standard InChI is InChI=1S/C6H19NSi2.Ar.Li/c1-8(2,3)7-9(4,5)6;;/h7H,1-6H3;;. The maximum atomic E-state index is 3.74. The first-order valence-corrected chi connectivity index (χ1v) is 10.5. The molecule has 0 aliphatic carbocycles. The third-order valence-electron chi connectivity index (χ3n) is 0.750. The summed E-state index contributed by atoms with van der Waals surface area (Å²) in [5.41, 5.74) is 0. The molecule has 0 saturated heterocycles. The zero-order valence-corrected chi connectivity index (χ0v) is 11.6. The van der Waals surface area contributed by atoms with E-state index in [1.165, 1.54) is 0 Å². The minimum Gasteiger partial charge on any atom is -0.360 e. The topological polar surface area (TPSA) is 12.0 Å². The summed E-state index contributed by atoms with van der Waals surface area (Å²) in [6, 6.07) is 0. The van der Waals surface area contributed by atoms with Gasteiger partial charge in [0.1, 0.15) is 16.5 Å². The van der Waals surface area contributed by atoms with E-state index in [1.807, 2.05) is 0 Å². The summed E-state index contributed by atoms with van der Waals surface area (Å²) >= 11 is 0. The van der Waals surface area contributed by atoms with Gasteiger partial charge in [-0.15, -0.1) is 0 Å². The van der Waals surface area contributed by atoms with Crippen LogP contribution in [0.2, 0.25) is 39.3 Å². The second kappa shape index (κ2) is 6.67. The molecule has 11 heavy (non-hydrogen) atoms. The molecular weight excluding hydrogens is 189 g/mol. The van der Waals surface area contributed by atoms with Crippen molar-refractivity contribution in [2.75, 3.05) is 0 Å². The van der Waals surface area contributed by atoms with Crippen molar-refractivity contribution in [1.82, 2.24) is 4.65 Å². The third kappa shape index (κ3) is 18.9. The van der Waals surface area contributed by atoms with Crippen LogP contribution in [0.3, 0.4) is 0 Å². The SMILES string of the molecule is C[Si](C)(C)N[Si](C)(C)C.[Ar].[Li]. The minimum absolute atomic E-state index is 0. The van der Waals surface area contributed by atoms with E-state index < -0.39 is 16.5 Å². The van der Waals surface area contributed by atoms with Gasteiger partial charge in [0.05, 0.1) is 0 Å². The summed E-state index contributed by atoms with van der Waals surface area (Å²) in [5.74, 6) is 0. The molecule has 0 fully saturated rings. The fourth-order valence-electron chi connectivity index (χ4n) is 1.12. The predicted octanol–water partition coefficient (Wildman–Crippen LogP) is 1.86. The van der Waals surface area contributed by atoms with Gasteiger partial charge in [-0.2, -0.15) is 0 Å². The smallest absolute Gasteiger partial charge is 0.109 e. The van der Waals surface area contributed by atoms with Gasteiger partial charge in [0.15, 0.2) is 0 Å². The van der Waals surface area contributed by atoms with E-state index in [9.17, 15) is 0 Å². The van der Waals surface area contributed by atoms with E-state index in [1.54, 1.807) is 0 Å². The van der Waals surface area contributed by atoms with Crippen molar-refractivity contribution in [3.63, 3.8) is 0 Å². The molecule has 0 bridgehead atoms. The van der Waals surface area contributed by atoms with Crippen LogP contribution in [0.1, 0.15) is 0 Å². The Kier molecular flexibility index (Phi) is 11.5. The first kappa shape index (κ1) is 18.9. The van der Waals surface area contributed by atoms with Crippen molar-refractivity contribution in [1.29, 1.82) is 0 Å². The summed E-state index contributed by atoms with van der Waals surface area (Å²) < 4.78 is 3.74. The average Bonchev–Trinajstić information content (AvgIpc) is 1.14. The van der Waals surface area contributed by atoms with E-state index in [-0.39, 0.29) is 56.6 Å². The zero-order valence-electron chi connectivity index (χ0n) is 8.85. The molecule has 1 radical (unpaired) electrons. The Morgan fingerprint density at radius 2 is 0.909 bits per heavy atom. The van der Waals surface area contributed by atoms with Crippen molar-refractivity contribution in [3.05, 3.63) is 0 Å². The predicted molar refractivity (Wildman–Crippen MR) is 55.6 cm³/mol. The van der Waals surface area contributed by atoms with Crippen LogP contribution in [0, 0.1) is 37.7 Å². The molecule has 65 valence electrons. The molecule has 0 atom stereocenters. The van der Waals surface area contributed by atoms with Crippen LogP contribution in [0.4, 0.5) is 0 Å². The molecule has 0 aromatic carbocycles. The van der Waals surface area contributed by atoms with Crippen LogP contribution < -0.4 is 4.65 Å². The minimum atomic E-state index is -0.981. The van der Waals surface area contributed by atoms with Crippen LogP contribution >= 0.6 is 0 Å². The van der Waals surface area contributed by atoms with Crippen LogP contribution in [-0.4, -0.2) is 35.3 Å². The Morgan fingerprint density at radius 3 is 0.909 bits per heavy atom. The first-order chi connectivity index (χ1) is 3.71. The van der Waals surface area contributed by atoms with E-state index in [0.717, 1.165) is 0 Å². The quantitative estimate of drug-likeness (QED) is 0.683. The van der Waals surface area contributed by atoms with Gasteiger partial charge in [0.2, 0.25) is 0 Å². The Labute approximate surface area is 115 Å². The van der Waals surface area contributed by atoms with E-state index in [4.69, 9.17) is 0 Å². The van der Waals surface area contributed by atoms with E-state index in [0.29, 0.717) is 0 Å². The van der Waals surface area contributed by atoms with Crippen molar-refractivity contribution in [3.8, 4) is 0 Å². The largest absolute Gasteiger partial charge is 0.360 e. The fraction of sp³-hybridized carbons (Fsp3) is 1.00. The van der Waals surface area contributed by atoms with Crippen molar-refractivity contribution in [2.24, 2.45) is 0 Å². The van der Waals surface area contributed by atoms with Crippen LogP contribution in [0.25, 0.3) is 0 Å². The first-order valence-electron chi connectivity index (χ1n) is 3.50. The molecule has 0 aliphatic heterocycles. The van der Waals surface area contributed by atoms with E-state index >= 15 is 0 Å². The van der Waals surface area contributed by atoms with Gasteiger partial charge in [-0.05, 0) is 0 Å². The Hall–Kier alpha value is 2.25. The summed E-state index contributed by atoms with van der Waals surface area (Å²) in [4.78, 5) is 0. The molecule has 0 aromatic heterocycles. The van der Waals surface area contributed by atoms with Gasteiger partial charge in [0, 0.05) is 56.6 Å². The number of nitrogens with one attached hydrogen (secondary N) is 1. The second-order valence-electron chi connectivity index (χ2n) is 4.62. The molecule has 0 aromatic rings. The second-order valence-corrected chi connectivity index (χ2v) is 14.6. The molecule has 0 heterocycles. The van der Waals surface area contributed by atoms with Crippen molar-refractivity contribution < 1.29 is 37.7 Å². The monoisotopic (exact) mass is 208 g/mol. The van der Waals surface area contributed by atoms with Crippen LogP contribution in [0.5, 0.6) is 0 Å². The van der Waals surface area contributed by atoms with Crippen LogP contribution in [-0.2, 0) is 0 Å². The van der Waals surface area contributed by atoms with Crippen LogP contribution in [0.15, 0.2) is 0 Å². The van der Waals surface area contributed by atoms with Gasteiger partial charge in [0.25, 0.3) is 0 Å². The third-order valence-corrected chi connectivity index (χ3v) is 6.75. The average molecular weight is 208 g/mol. The Bertz CT molecular complexity index is 85.7. The van der Waals surface area contributed by atoms with Crippen molar-refractivity contribution in [2.45, 2.75) is 39.3 Å². The molecule has 0 rings (SSSR count). The van der Waals surface area contributed by atoms with Gasteiger partial charge in [-0.25, -0.2) is 0 Å². The summed E-state index contributed by atoms with van der Waals surface area (Å²) in [6.07, 6.45) is 0. The fourth-order valence-corrected chi connectivity index (χ4v) is 10.1. The molecule has 0 saturated carbocycles. The Morgan fingerprint density at radius 1 is 0.727 bits per heavy atom. The van der Waals surface area contributed by atoms with Gasteiger partial charge in [-0.3, -0.25) is 0 Å². The molecule has 0 spiro atoms. The number of hydrogen-bond donors (Lipinski definition) is 1. The van der Waals surface area contributed by atoms with E-state index in [2.05, 4.69) is 43.9 Å². The van der Waals surface area contributed by atoms with Gasteiger partial charge < -0.3 is 4.65 Å². The Balaban J connectivity index is -0.000000320. The maximum absolute atomic E-state index is 3.74. The summed E-state index contributed by atoms with van der Waals surface area (Å²) in [6.45, 7) is 14.1. The number of rotatable bonds is 2. The molecular formula is C6H19ArLiNSi2. The molecule has 1 N–H and O–H groups in total. The normalized spacial score (nSPS) is 11.5. The molecule has 0 unspecified atom stereocenters. The number of hydrogen-bond acceptors (Lipinski definition) is 1. The van der Waals surface area contributed by atoms with Gasteiger partial charge in [-0.1, -0.05) is 39.3 Å². The molecule has 0 aliphatic rings. The summed E-state index contributed by atoms with van der Waals surface area (Å²) in [5, 5.41) is 0. The van der Waals surface area contributed by atoms with Gasteiger partial charge >= 0.3 is 0 Å². The molecule has 5 heteroatoms. The maximum Gasteiger partial charge on any atom is 0.109 e. The molecule has 1 nitrogen and oxygen atoms in total. The summed E-state index contributed by atoms with van der Waals surface area (Å²) in [7, 11) is -1.96. The van der Waals surface area contributed by atoms with Crippen molar-refractivity contribution >= 4 is 35.3 Å². The zero-order chi connectivity index (χ0) is 7.71.